The molecule has 7 heteroatoms. The summed E-state index contributed by atoms with van der Waals surface area (Å²) >= 11 is 0. The molecule has 0 atom stereocenters. The molecule has 1 amide bonds. The maximum absolute atomic E-state index is 12.9. The fourth-order valence-electron chi connectivity index (χ4n) is 3.18. The smallest absolute Gasteiger partial charge is 0.330 e. The van der Waals surface area contributed by atoms with Gasteiger partial charge in [-0.3, -0.25) is 19.1 Å². The maximum Gasteiger partial charge on any atom is 0.330 e. The Bertz CT molecular complexity index is 1130. The molecule has 0 bridgehead atoms. The zero-order valence-corrected chi connectivity index (χ0v) is 16.6. The Morgan fingerprint density at radius 2 is 1.63 bits per heavy atom. The summed E-state index contributed by atoms with van der Waals surface area (Å²) in [7, 11) is 0. The van der Waals surface area contributed by atoms with E-state index < -0.39 is 11.2 Å². The number of aromatic nitrogens is 2. The molecule has 154 valence electrons. The highest BCUT2D eigenvalue weighted by Gasteiger charge is 2.24. The summed E-state index contributed by atoms with van der Waals surface area (Å²) in [5.74, 6) is -0.323. The van der Waals surface area contributed by atoms with Gasteiger partial charge in [-0.25, -0.2) is 4.79 Å². The number of nitrogens with zero attached hydrogens (tertiary/aromatic N) is 2. The number of allylic oxidation sites excluding steroid dienone is 1. The molecule has 3 rings (SSSR count). The normalized spacial score (nSPS) is 10.5. The first-order valence-corrected chi connectivity index (χ1v) is 9.63. The standard InChI is InChI=1S/C23H24N4O3/c1-2-3-14-19(28)26(15-17-10-6-4-7-11-17)20-21(24)27(23(30)25-22(20)29)16-18-12-8-5-9-13-18/h2,4-13H,1,3,14-16,24H2,(H,25,29,30). The van der Waals surface area contributed by atoms with Gasteiger partial charge in [0.1, 0.15) is 5.82 Å². The summed E-state index contributed by atoms with van der Waals surface area (Å²) in [6, 6.07) is 18.6. The lowest BCUT2D eigenvalue weighted by Gasteiger charge is -2.24. The fraction of sp³-hybridized carbons (Fsp3) is 0.174. The summed E-state index contributed by atoms with van der Waals surface area (Å²) in [5, 5.41) is 0. The maximum atomic E-state index is 12.9. The quantitative estimate of drug-likeness (QED) is 0.564. The Kier molecular flexibility index (Phi) is 6.64. The van der Waals surface area contributed by atoms with Gasteiger partial charge in [0.15, 0.2) is 5.69 Å². The number of carbonyl (C=O) groups is 1. The Morgan fingerprint density at radius 1 is 1.03 bits per heavy atom. The average molecular weight is 404 g/mol. The van der Waals surface area contributed by atoms with Crippen LogP contribution in [-0.2, 0) is 17.9 Å². The van der Waals surface area contributed by atoms with Crippen molar-refractivity contribution in [2.75, 3.05) is 10.6 Å². The zero-order valence-electron chi connectivity index (χ0n) is 16.6. The summed E-state index contributed by atoms with van der Waals surface area (Å²) in [6.07, 6.45) is 2.28. The van der Waals surface area contributed by atoms with Gasteiger partial charge in [-0.2, -0.15) is 0 Å². The highest BCUT2D eigenvalue weighted by atomic mass is 16.2. The van der Waals surface area contributed by atoms with Crippen molar-refractivity contribution in [2.24, 2.45) is 0 Å². The predicted molar refractivity (Wildman–Crippen MR) is 118 cm³/mol. The highest BCUT2D eigenvalue weighted by Crippen LogP contribution is 2.21. The van der Waals surface area contributed by atoms with E-state index >= 15 is 0 Å². The van der Waals surface area contributed by atoms with Gasteiger partial charge in [-0.15, -0.1) is 6.58 Å². The lowest BCUT2D eigenvalue weighted by molar-refractivity contribution is -0.118. The molecule has 0 saturated carbocycles. The number of nitrogens with one attached hydrogen (secondary N) is 1. The van der Waals surface area contributed by atoms with Crippen LogP contribution in [0.3, 0.4) is 0 Å². The summed E-state index contributed by atoms with van der Waals surface area (Å²) < 4.78 is 1.27. The number of rotatable bonds is 8. The Balaban J connectivity index is 2.08. The summed E-state index contributed by atoms with van der Waals surface area (Å²) in [4.78, 5) is 41.8. The second-order valence-corrected chi connectivity index (χ2v) is 6.86. The van der Waals surface area contributed by atoms with E-state index in [1.165, 1.54) is 9.47 Å². The van der Waals surface area contributed by atoms with Crippen LogP contribution in [0.4, 0.5) is 11.5 Å². The molecule has 0 unspecified atom stereocenters. The van der Waals surface area contributed by atoms with Crippen molar-refractivity contribution >= 4 is 17.4 Å². The van der Waals surface area contributed by atoms with Crippen molar-refractivity contribution in [1.29, 1.82) is 0 Å². The number of nitrogen functional groups attached to an aromatic ring is 1. The van der Waals surface area contributed by atoms with Crippen LogP contribution in [-0.4, -0.2) is 15.5 Å². The first-order valence-electron chi connectivity index (χ1n) is 9.63. The van der Waals surface area contributed by atoms with Crippen LogP contribution in [0, 0.1) is 0 Å². The van der Waals surface area contributed by atoms with Crippen LogP contribution in [0.25, 0.3) is 0 Å². The van der Waals surface area contributed by atoms with Gasteiger partial charge in [0.2, 0.25) is 5.91 Å². The van der Waals surface area contributed by atoms with E-state index in [0.717, 1.165) is 11.1 Å². The molecule has 0 saturated heterocycles. The number of aromatic amines is 1. The molecule has 0 radical (unpaired) electrons. The number of hydrogen-bond acceptors (Lipinski definition) is 4. The second kappa shape index (κ2) is 9.56. The zero-order chi connectivity index (χ0) is 21.5. The van der Waals surface area contributed by atoms with Crippen molar-refractivity contribution in [3.05, 3.63) is 105 Å². The van der Waals surface area contributed by atoms with Crippen LogP contribution < -0.4 is 21.9 Å². The van der Waals surface area contributed by atoms with Crippen molar-refractivity contribution in [1.82, 2.24) is 9.55 Å². The van der Waals surface area contributed by atoms with E-state index in [0.29, 0.717) is 6.42 Å². The van der Waals surface area contributed by atoms with Crippen molar-refractivity contribution < 1.29 is 4.79 Å². The summed E-state index contributed by atoms with van der Waals surface area (Å²) in [6.45, 7) is 3.98. The number of H-pyrrole nitrogens is 1. The number of anilines is 2. The van der Waals surface area contributed by atoms with Gasteiger partial charge < -0.3 is 10.6 Å². The largest absolute Gasteiger partial charge is 0.383 e. The molecule has 0 aliphatic carbocycles. The third-order valence-corrected chi connectivity index (χ3v) is 4.71. The molecule has 0 spiro atoms. The fourth-order valence-corrected chi connectivity index (χ4v) is 3.18. The van der Waals surface area contributed by atoms with Gasteiger partial charge in [-0.05, 0) is 17.5 Å². The van der Waals surface area contributed by atoms with Gasteiger partial charge >= 0.3 is 5.69 Å². The minimum absolute atomic E-state index is 0.0246. The van der Waals surface area contributed by atoms with Gasteiger partial charge in [0.25, 0.3) is 5.56 Å². The first kappa shape index (κ1) is 20.9. The van der Waals surface area contributed by atoms with Crippen molar-refractivity contribution in [3.8, 4) is 0 Å². The average Bonchev–Trinajstić information content (AvgIpc) is 2.75. The molecule has 0 aliphatic heterocycles. The van der Waals surface area contributed by atoms with Crippen LogP contribution in [0.15, 0.2) is 82.9 Å². The van der Waals surface area contributed by atoms with Crippen LogP contribution in [0.1, 0.15) is 24.0 Å². The number of benzene rings is 2. The molecule has 1 aromatic heterocycles. The number of hydrogen-bond donors (Lipinski definition) is 2. The third-order valence-electron chi connectivity index (χ3n) is 4.71. The predicted octanol–water partition coefficient (Wildman–Crippen LogP) is 2.67. The lowest BCUT2D eigenvalue weighted by atomic mass is 10.1. The molecule has 7 nitrogen and oxygen atoms in total. The van der Waals surface area contributed by atoms with Gasteiger partial charge in [0.05, 0.1) is 13.1 Å². The summed E-state index contributed by atoms with van der Waals surface area (Å²) in [5.41, 5.74) is 6.63. The molecule has 30 heavy (non-hydrogen) atoms. The van der Waals surface area contributed by atoms with Crippen molar-refractivity contribution in [2.45, 2.75) is 25.9 Å². The van der Waals surface area contributed by atoms with Gasteiger partial charge in [-0.1, -0.05) is 66.7 Å². The lowest BCUT2D eigenvalue weighted by Crippen LogP contribution is -2.41. The highest BCUT2D eigenvalue weighted by molar-refractivity contribution is 5.95. The molecular formula is C23H24N4O3. The number of carbonyl (C=O) groups excluding carboxylic acids is 1. The van der Waals surface area contributed by atoms with E-state index in [1.807, 2.05) is 60.7 Å². The van der Waals surface area contributed by atoms with E-state index in [4.69, 9.17) is 5.73 Å². The SMILES string of the molecule is C=CCCC(=O)N(Cc1ccccc1)c1c(N)n(Cc2ccccc2)c(=O)[nH]c1=O. The van der Waals surface area contributed by atoms with Crippen molar-refractivity contribution in [3.63, 3.8) is 0 Å². The molecule has 0 fully saturated rings. The Labute approximate surface area is 174 Å². The molecule has 1 heterocycles. The van der Waals surface area contributed by atoms with Crippen LogP contribution >= 0.6 is 0 Å². The van der Waals surface area contributed by atoms with E-state index in [-0.39, 0.29) is 36.9 Å². The molecule has 0 aliphatic rings. The minimum Gasteiger partial charge on any atom is -0.383 e. The Morgan fingerprint density at radius 3 is 2.23 bits per heavy atom. The monoisotopic (exact) mass is 404 g/mol. The topological polar surface area (TPSA) is 101 Å². The van der Waals surface area contributed by atoms with E-state index in [2.05, 4.69) is 11.6 Å². The van der Waals surface area contributed by atoms with Gasteiger partial charge in [0, 0.05) is 6.42 Å². The first-order chi connectivity index (χ1) is 14.5. The number of amides is 1. The minimum atomic E-state index is -0.690. The molecular weight excluding hydrogens is 380 g/mol. The molecule has 3 aromatic rings. The molecule has 2 aromatic carbocycles. The van der Waals surface area contributed by atoms with E-state index in [9.17, 15) is 14.4 Å². The van der Waals surface area contributed by atoms with Crippen LogP contribution in [0.5, 0.6) is 0 Å². The third kappa shape index (κ3) is 4.75. The second-order valence-electron chi connectivity index (χ2n) is 6.86. The van der Waals surface area contributed by atoms with Crippen LogP contribution in [0.2, 0.25) is 0 Å². The van der Waals surface area contributed by atoms with E-state index in [1.54, 1.807) is 6.08 Å². The Hall–Kier alpha value is -3.87. The number of nitrogens with two attached hydrogens (primary N) is 1. The molecule has 3 N–H and O–H groups in total.